The predicted molar refractivity (Wildman–Crippen MR) is 116 cm³/mol. The fourth-order valence-corrected chi connectivity index (χ4v) is 5.68. The van der Waals surface area contributed by atoms with Crippen LogP contribution in [0.2, 0.25) is 4.34 Å². The van der Waals surface area contributed by atoms with Crippen LogP contribution in [0.15, 0.2) is 53.4 Å². The first-order valence-electron chi connectivity index (χ1n) is 8.98. The number of nitriles is 1. The molecule has 152 valence electrons. The molecule has 1 saturated carbocycles. The molecule has 1 fully saturated rings. The minimum absolute atomic E-state index is 0.0533. The standard InChI is InChI=1S/C21H15ClN2O4S2/c22-20-8-7-18(29-20)16-5-1-12(11-23)9-17(16)24-30(27,28)19-10-14(21(25)26)4-6-15(19)13-2-3-13/h1,4-10,13,24H,2-3H2,(H,25,26). The number of rotatable bonds is 6. The largest absolute Gasteiger partial charge is 0.478 e. The molecular formula is C21H15ClN2O4S2. The number of carboxylic acid groups (broad SMARTS) is 1. The molecule has 6 nitrogen and oxygen atoms in total. The van der Waals surface area contributed by atoms with E-state index in [4.69, 9.17) is 11.6 Å². The van der Waals surface area contributed by atoms with Gasteiger partial charge in [0.25, 0.3) is 10.0 Å². The number of carboxylic acids is 1. The van der Waals surface area contributed by atoms with Crippen LogP contribution in [0.4, 0.5) is 5.69 Å². The van der Waals surface area contributed by atoms with Crippen molar-refractivity contribution >= 4 is 44.6 Å². The number of sulfonamides is 1. The van der Waals surface area contributed by atoms with Gasteiger partial charge in [-0.15, -0.1) is 11.3 Å². The molecule has 2 aromatic carbocycles. The zero-order chi connectivity index (χ0) is 21.5. The number of hydrogen-bond acceptors (Lipinski definition) is 5. The highest BCUT2D eigenvalue weighted by Gasteiger charge is 2.31. The Balaban J connectivity index is 1.82. The fourth-order valence-electron chi connectivity index (χ4n) is 3.20. The molecule has 4 rings (SSSR count). The van der Waals surface area contributed by atoms with E-state index in [1.54, 1.807) is 30.3 Å². The van der Waals surface area contributed by atoms with E-state index in [1.807, 2.05) is 6.07 Å². The van der Waals surface area contributed by atoms with E-state index in [9.17, 15) is 23.6 Å². The van der Waals surface area contributed by atoms with Crippen molar-refractivity contribution in [3.05, 3.63) is 69.6 Å². The van der Waals surface area contributed by atoms with Gasteiger partial charge in [0.2, 0.25) is 0 Å². The van der Waals surface area contributed by atoms with Crippen LogP contribution in [-0.4, -0.2) is 19.5 Å². The van der Waals surface area contributed by atoms with Crippen LogP contribution in [-0.2, 0) is 10.0 Å². The number of thiophene rings is 1. The number of aromatic carboxylic acids is 1. The zero-order valence-electron chi connectivity index (χ0n) is 15.4. The molecule has 0 unspecified atom stereocenters. The molecule has 1 aliphatic carbocycles. The summed E-state index contributed by atoms with van der Waals surface area (Å²) in [6.07, 6.45) is 1.72. The van der Waals surface area contributed by atoms with Crippen LogP contribution < -0.4 is 4.72 Å². The second kappa shape index (κ2) is 7.76. The molecule has 0 aliphatic heterocycles. The van der Waals surface area contributed by atoms with Crippen molar-refractivity contribution in [1.82, 2.24) is 0 Å². The third kappa shape index (κ3) is 4.05. The summed E-state index contributed by atoms with van der Waals surface area (Å²) in [5.74, 6) is -1.10. The summed E-state index contributed by atoms with van der Waals surface area (Å²) in [6.45, 7) is 0. The number of hydrogen-bond donors (Lipinski definition) is 2. The van der Waals surface area contributed by atoms with Gasteiger partial charge in [-0.2, -0.15) is 5.26 Å². The summed E-state index contributed by atoms with van der Waals surface area (Å²) >= 11 is 7.32. The Morgan fingerprint density at radius 3 is 2.53 bits per heavy atom. The molecule has 9 heteroatoms. The van der Waals surface area contributed by atoms with Gasteiger partial charge in [0.05, 0.1) is 32.1 Å². The van der Waals surface area contributed by atoms with E-state index >= 15 is 0 Å². The second-order valence-electron chi connectivity index (χ2n) is 6.91. The first kappa shape index (κ1) is 20.4. The van der Waals surface area contributed by atoms with E-state index in [0.717, 1.165) is 17.7 Å². The van der Waals surface area contributed by atoms with Gasteiger partial charge in [0, 0.05) is 10.4 Å². The maximum atomic E-state index is 13.3. The number of carbonyl (C=O) groups is 1. The van der Waals surface area contributed by atoms with Crippen LogP contribution >= 0.6 is 22.9 Å². The average molecular weight is 459 g/mol. The van der Waals surface area contributed by atoms with Gasteiger partial charge in [-0.05, 0) is 60.7 Å². The van der Waals surface area contributed by atoms with Crippen molar-refractivity contribution < 1.29 is 18.3 Å². The van der Waals surface area contributed by atoms with Crippen LogP contribution in [0.25, 0.3) is 10.4 Å². The summed E-state index contributed by atoms with van der Waals surface area (Å²) < 4.78 is 29.7. The van der Waals surface area contributed by atoms with E-state index < -0.39 is 16.0 Å². The molecule has 3 aromatic rings. The topological polar surface area (TPSA) is 107 Å². The quantitative estimate of drug-likeness (QED) is 0.520. The third-order valence-corrected chi connectivity index (χ3v) is 7.48. The Labute approximate surface area is 182 Å². The number of nitrogens with one attached hydrogen (secondary N) is 1. The molecule has 0 saturated heterocycles. The first-order chi connectivity index (χ1) is 14.3. The molecule has 0 amide bonds. The maximum Gasteiger partial charge on any atom is 0.335 e. The Morgan fingerprint density at radius 1 is 1.17 bits per heavy atom. The second-order valence-corrected chi connectivity index (χ2v) is 10.3. The lowest BCUT2D eigenvalue weighted by molar-refractivity contribution is 0.0696. The lowest BCUT2D eigenvalue weighted by Gasteiger charge is -2.15. The summed E-state index contributed by atoms with van der Waals surface area (Å²) in [4.78, 5) is 12.1. The van der Waals surface area contributed by atoms with Gasteiger partial charge in [0.1, 0.15) is 0 Å². The van der Waals surface area contributed by atoms with Crippen LogP contribution in [0, 0.1) is 11.3 Å². The molecule has 0 spiro atoms. The minimum atomic E-state index is -4.10. The van der Waals surface area contributed by atoms with Gasteiger partial charge in [-0.1, -0.05) is 23.7 Å². The first-order valence-corrected chi connectivity index (χ1v) is 11.7. The van der Waals surface area contributed by atoms with Crippen LogP contribution in [0.3, 0.4) is 0 Å². The SMILES string of the molecule is N#Cc1ccc(-c2ccc(Cl)s2)c(NS(=O)(=O)c2cc(C(=O)O)ccc2C2CC2)c1. The van der Waals surface area contributed by atoms with Gasteiger partial charge in [-0.3, -0.25) is 4.72 Å². The molecule has 1 aliphatic rings. The predicted octanol–water partition coefficient (Wildman–Crippen LogP) is 5.32. The molecular weight excluding hydrogens is 444 g/mol. The number of anilines is 1. The van der Waals surface area contributed by atoms with Crippen LogP contribution in [0.5, 0.6) is 0 Å². The van der Waals surface area contributed by atoms with Crippen molar-refractivity contribution in [2.45, 2.75) is 23.7 Å². The summed E-state index contributed by atoms with van der Waals surface area (Å²) in [5.41, 5.74) is 1.60. The van der Waals surface area contributed by atoms with Gasteiger partial charge in [-0.25, -0.2) is 13.2 Å². The van der Waals surface area contributed by atoms with Gasteiger partial charge < -0.3 is 5.11 Å². The molecule has 2 N–H and O–H groups in total. The summed E-state index contributed by atoms with van der Waals surface area (Å²) in [5, 5.41) is 18.6. The monoisotopic (exact) mass is 458 g/mol. The summed E-state index contributed by atoms with van der Waals surface area (Å²) in [7, 11) is -4.10. The fraction of sp³-hybridized carbons (Fsp3) is 0.143. The van der Waals surface area contributed by atoms with Crippen molar-refractivity contribution in [3.63, 3.8) is 0 Å². The highest BCUT2D eigenvalue weighted by molar-refractivity contribution is 7.92. The maximum absolute atomic E-state index is 13.3. The lowest BCUT2D eigenvalue weighted by atomic mass is 10.1. The Morgan fingerprint density at radius 2 is 1.93 bits per heavy atom. The highest BCUT2D eigenvalue weighted by Crippen LogP contribution is 2.44. The minimum Gasteiger partial charge on any atom is -0.478 e. The molecule has 0 bridgehead atoms. The Bertz CT molecular complexity index is 1300. The molecule has 30 heavy (non-hydrogen) atoms. The third-order valence-electron chi connectivity index (χ3n) is 4.80. The number of halogens is 1. The van der Waals surface area contributed by atoms with Crippen molar-refractivity contribution in [2.24, 2.45) is 0 Å². The highest BCUT2D eigenvalue weighted by atomic mass is 35.5. The van der Waals surface area contributed by atoms with Crippen LogP contribution in [0.1, 0.15) is 40.2 Å². The zero-order valence-corrected chi connectivity index (χ0v) is 17.8. The van der Waals surface area contributed by atoms with Gasteiger partial charge in [0.15, 0.2) is 0 Å². The average Bonchev–Trinajstić information content (AvgIpc) is 3.48. The van der Waals surface area contributed by atoms with E-state index in [0.29, 0.717) is 21.0 Å². The van der Waals surface area contributed by atoms with Crippen molar-refractivity contribution in [1.29, 1.82) is 5.26 Å². The van der Waals surface area contributed by atoms with Crippen molar-refractivity contribution in [3.8, 4) is 16.5 Å². The van der Waals surface area contributed by atoms with Crippen molar-refractivity contribution in [2.75, 3.05) is 4.72 Å². The molecule has 0 atom stereocenters. The van der Waals surface area contributed by atoms with E-state index in [-0.39, 0.29) is 22.1 Å². The number of nitrogens with zero attached hydrogens (tertiary/aromatic N) is 1. The van der Waals surface area contributed by atoms with E-state index in [2.05, 4.69) is 4.72 Å². The molecule has 0 radical (unpaired) electrons. The number of benzene rings is 2. The lowest BCUT2D eigenvalue weighted by Crippen LogP contribution is -2.16. The summed E-state index contributed by atoms with van der Waals surface area (Å²) in [6, 6.07) is 14.4. The Hall–Kier alpha value is -2.86. The smallest absolute Gasteiger partial charge is 0.335 e. The van der Waals surface area contributed by atoms with Gasteiger partial charge >= 0.3 is 5.97 Å². The van der Waals surface area contributed by atoms with E-state index in [1.165, 1.54) is 29.5 Å². The Kier molecular flexibility index (Phi) is 5.28. The normalized spacial score (nSPS) is 13.6. The molecule has 1 heterocycles. The molecule has 1 aromatic heterocycles.